The molecule has 0 heterocycles. The number of amides is 1. The molecule has 0 bridgehead atoms. The van der Waals surface area contributed by atoms with Crippen molar-refractivity contribution in [3.63, 3.8) is 0 Å². The van der Waals surface area contributed by atoms with Crippen LogP contribution in [0.2, 0.25) is 0 Å². The van der Waals surface area contributed by atoms with Crippen LogP contribution in [0.15, 0.2) is 0 Å². The van der Waals surface area contributed by atoms with E-state index < -0.39 is 17.9 Å². The normalized spacial score (nSPS) is 12.3. The van der Waals surface area contributed by atoms with E-state index in [0.717, 1.165) is 25.7 Å². The number of unbranched alkanes of at least 4 members (excludes halogenated alkanes) is 3. The number of aliphatic carboxylic acids is 1. The number of carbonyl (C=O) groups excluding carboxylic acids is 1. The van der Waals surface area contributed by atoms with Crippen molar-refractivity contribution in [3.8, 4) is 0 Å². The van der Waals surface area contributed by atoms with Gasteiger partial charge in [-0.1, -0.05) is 26.2 Å². The molecule has 5 nitrogen and oxygen atoms in total. The Bertz CT molecular complexity index is 207. The minimum absolute atomic E-state index is 0.150. The second kappa shape index (κ2) is 8.23. The molecule has 0 aromatic rings. The molecule has 0 rings (SSSR count). The fourth-order valence-corrected chi connectivity index (χ4v) is 1.28. The van der Waals surface area contributed by atoms with Crippen LogP contribution in [0.3, 0.4) is 0 Å². The number of primary amides is 1. The highest BCUT2D eigenvalue weighted by Crippen LogP contribution is 1.98. The highest BCUT2D eigenvalue weighted by molar-refractivity contribution is 5.83. The van der Waals surface area contributed by atoms with E-state index in [1.165, 1.54) is 0 Å². The van der Waals surface area contributed by atoms with E-state index in [-0.39, 0.29) is 6.42 Å². The first-order chi connectivity index (χ1) is 7.07. The Morgan fingerprint density at radius 2 is 2.00 bits per heavy atom. The number of carboxylic acid groups (broad SMARTS) is 1. The fraction of sp³-hybridized carbons (Fsp3) is 0.800. The number of nitrogens with one attached hydrogen (secondary N) is 1. The molecule has 0 unspecified atom stereocenters. The molecular formula is C10H20N2O3. The van der Waals surface area contributed by atoms with Crippen molar-refractivity contribution in [1.29, 1.82) is 0 Å². The summed E-state index contributed by atoms with van der Waals surface area (Å²) in [6.07, 6.45) is 4.14. The smallest absolute Gasteiger partial charge is 0.321 e. The molecule has 0 aromatic heterocycles. The van der Waals surface area contributed by atoms with E-state index in [0.29, 0.717) is 6.54 Å². The summed E-state index contributed by atoms with van der Waals surface area (Å²) in [4.78, 5) is 21.3. The number of hydrogen-bond donors (Lipinski definition) is 3. The van der Waals surface area contributed by atoms with E-state index in [9.17, 15) is 9.59 Å². The van der Waals surface area contributed by atoms with Gasteiger partial charge >= 0.3 is 5.97 Å². The lowest BCUT2D eigenvalue weighted by molar-refractivity contribution is -0.141. The van der Waals surface area contributed by atoms with Crippen molar-refractivity contribution >= 4 is 11.9 Å². The van der Waals surface area contributed by atoms with Crippen molar-refractivity contribution in [3.05, 3.63) is 0 Å². The molecule has 0 aliphatic heterocycles. The summed E-state index contributed by atoms with van der Waals surface area (Å²) in [7, 11) is 0. The second-order valence-corrected chi connectivity index (χ2v) is 3.58. The maximum absolute atomic E-state index is 10.7. The lowest BCUT2D eigenvalue weighted by atomic mass is 10.1. The molecule has 88 valence electrons. The molecule has 0 aliphatic rings. The van der Waals surface area contributed by atoms with E-state index in [4.69, 9.17) is 10.8 Å². The molecule has 0 aliphatic carbocycles. The molecule has 5 heteroatoms. The Labute approximate surface area is 90.0 Å². The number of carbonyl (C=O) groups is 2. The lowest BCUT2D eigenvalue weighted by Gasteiger charge is -2.12. The van der Waals surface area contributed by atoms with Gasteiger partial charge in [-0.2, -0.15) is 0 Å². The van der Waals surface area contributed by atoms with Gasteiger partial charge in [-0.3, -0.25) is 9.59 Å². The quantitative estimate of drug-likeness (QED) is 0.489. The highest BCUT2D eigenvalue weighted by atomic mass is 16.4. The SMILES string of the molecule is CCCCCCN[C@H](CC(N)=O)C(=O)O. The van der Waals surface area contributed by atoms with Crippen molar-refractivity contribution in [2.75, 3.05) is 6.54 Å². The molecular weight excluding hydrogens is 196 g/mol. The maximum atomic E-state index is 10.7. The van der Waals surface area contributed by atoms with Crippen LogP contribution in [-0.4, -0.2) is 29.6 Å². The van der Waals surface area contributed by atoms with Crippen LogP contribution in [0, 0.1) is 0 Å². The van der Waals surface area contributed by atoms with Crippen LogP contribution >= 0.6 is 0 Å². The standard InChI is InChI=1S/C10H20N2O3/c1-2-3-4-5-6-12-8(10(14)15)7-9(11)13/h8,12H,2-7H2,1H3,(H2,11,13)(H,14,15)/t8-/m1/s1. The van der Waals surface area contributed by atoms with Gasteiger partial charge in [0.2, 0.25) is 5.91 Å². The first kappa shape index (κ1) is 13.9. The Balaban J connectivity index is 3.67. The van der Waals surface area contributed by atoms with Crippen LogP contribution in [-0.2, 0) is 9.59 Å². The average molecular weight is 216 g/mol. The Kier molecular flexibility index (Phi) is 7.62. The molecule has 0 spiro atoms. The number of carboxylic acids is 1. The zero-order valence-electron chi connectivity index (χ0n) is 9.16. The van der Waals surface area contributed by atoms with Gasteiger partial charge in [0.15, 0.2) is 0 Å². The summed E-state index contributed by atoms with van der Waals surface area (Å²) < 4.78 is 0. The largest absolute Gasteiger partial charge is 0.480 e. The van der Waals surface area contributed by atoms with Crippen LogP contribution in [0.25, 0.3) is 0 Å². The van der Waals surface area contributed by atoms with Gasteiger partial charge in [-0.25, -0.2) is 0 Å². The molecule has 0 saturated carbocycles. The summed E-state index contributed by atoms with van der Waals surface area (Å²) in [5.74, 6) is -1.62. The monoisotopic (exact) mass is 216 g/mol. The molecule has 15 heavy (non-hydrogen) atoms. The lowest BCUT2D eigenvalue weighted by Crippen LogP contribution is -2.40. The third kappa shape index (κ3) is 7.93. The van der Waals surface area contributed by atoms with Gasteiger partial charge in [0.1, 0.15) is 6.04 Å². The van der Waals surface area contributed by atoms with E-state index in [1.807, 2.05) is 0 Å². The van der Waals surface area contributed by atoms with Crippen molar-refractivity contribution in [2.45, 2.75) is 45.1 Å². The summed E-state index contributed by atoms with van der Waals surface area (Å²) in [5.41, 5.74) is 4.94. The summed E-state index contributed by atoms with van der Waals surface area (Å²) in [6.45, 7) is 2.73. The van der Waals surface area contributed by atoms with Gasteiger partial charge in [-0.15, -0.1) is 0 Å². The first-order valence-corrected chi connectivity index (χ1v) is 5.32. The number of rotatable bonds is 9. The van der Waals surface area contributed by atoms with Gasteiger partial charge in [0.25, 0.3) is 0 Å². The Morgan fingerprint density at radius 3 is 2.47 bits per heavy atom. The van der Waals surface area contributed by atoms with E-state index in [1.54, 1.807) is 0 Å². The van der Waals surface area contributed by atoms with Gasteiger partial charge < -0.3 is 16.2 Å². The fourth-order valence-electron chi connectivity index (χ4n) is 1.28. The zero-order chi connectivity index (χ0) is 11.7. The van der Waals surface area contributed by atoms with Crippen LogP contribution < -0.4 is 11.1 Å². The van der Waals surface area contributed by atoms with E-state index in [2.05, 4.69) is 12.2 Å². The predicted octanol–water partition coefficient (Wildman–Crippen LogP) is 0.485. The van der Waals surface area contributed by atoms with Gasteiger partial charge in [-0.05, 0) is 13.0 Å². The molecule has 1 atom stereocenters. The Hall–Kier alpha value is -1.10. The maximum Gasteiger partial charge on any atom is 0.321 e. The molecule has 4 N–H and O–H groups in total. The number of hydrogen-bond acceptors (Lipinski definition) is 3. The van der Waals surface area contributed by atoms with Gasteiger partial charge in [0.05, 0.1) is 6.42 Å². The first-order valence-electron chi connectivity index (χ1n) is 5.32. The predicted molar refractivity (Wildman–Crippen MR) is 57.4 cm³/mol. The summed E-state index contributed by atoms with van der Waals surface area (Å²) in [6, 6.07) is -0.843. The van der Waals surface area contributed by atoms with Crippen LogP contribution in [0.4, 0.5) is 0 Å². The average Bonchev–Trinajstić information content (AvgIpc) is 2.15. The number of nitrogens with two attached hydrogens (primary N) is 1. The Morgan fingerprint density at radius 1 is 1.33 bits per heavy atom. The van der Waals surface area contributed by atoms with Crippen molar-refractivity contribution in [2.24, 2.45) is 5.73 Å². The minimum Gasteiger partial charge on any atom is -0.480 e. The zero-order valence-corrected chi connectivity index (χ0v) is 9.16. The second-order valence-electron chi connectivity index (χ2n) is 3.58. The molecule has 0 radical (unpaired) electrons. The highest BCUT2D eigenvalue weighted by Gasteiger charge is 2.18. The topological polar surface area (TPSA) is 92.4 Å². The van der Waals surface area contributed by atoms with Gasteiger partial charge in [0, 0.05) is 0 Å². The minimum atomic E-state index is -1.02. The van der Waals surface area contributed by atoms with E-state index >= 15 is 0 Å². The van der Waals surface area contributed by atoms with Crippen LogP contribution in [0.5, 0.6) is 0 Å². The third-order valence-corrected chi connectivity index (χ3v) is 2.12. The molecule has 0 fully saturated rings. The molecule has 0 saturated heterocycles. The van der Waals surface area contributed by atoms with Crippen molar-refractivity contribution < 1.29 is 14.7 Å². The van der Waals surface area contributed by atoms with Crippen LogP contribution in [0.1, 0.15) is 39.0 Å². The third-order valence-electron chi connectivity index (χ3n) is 2.12. The molecule has 0 aromatic carbocycles. The summed E-state index contributed by atoms with van der Waals surface area (Å²) >= 11 is 0. The molecule has 1 amide bonds. The summed E-state index contributed by atoms with van der Waals surface area (Å²) in [5, 5.41) is 11.6. The van der Waals surface area contributed by atoms with Crippen molar-refractivity contribution in [1.82, 2.24) is 5.32 Å².